The van der Waals surface area contributed by atoms with E-state index in [1.54, 1.807) is 11.3 Å². The fourth-order valence-corrected chi connectivity index (χ4v) is 0.342. The van der Waals surface area contributed by atoms with Gasteiger partial charge >= 0.3 is 0 Å². The Kier molecular flexibility index (Phi) is 0.906. The Morgan fingerprint density at radius 1 is 1.86 bits per heavy atom. The second-order valence-electron chi connectivity index (χ2n) is 1.53. The molecule has 40 valence electrons. The van der Waals surface area contributed by atoms with Crippen molar-refractivity contribution < 1.29 is 4.84 Å². The molecule has 0 bridgehead atoms. The highest BCUT2D eigenvalue weighted by atomic mass is 16.7. The number of hydrazine groups is 1. The lowest BCUT2D eigenvalue weighted by molar-refractivity contribution is 0.0484. The maximum Gasteiger partial charge on any atom is 0.134 e. The topological polar surface area (TPSA) is 24.5 Å². The summed E-state index contributed by atoms with van der Waals surface area (Å²) in [6.07, 6.45) is 1.65. The number of rotatable bonds is 0. The molecule has 3 heteroatoms. The average Bonchev–Trinajstić information content (AvgIpc) is 1.91. The van der Waals surface area contributed by atoms with Crippen molar-refractivity contribution in [2.24, 2.45) is 0 Å². The Morgan fingerprint density at radius 3 is 2.71 bits per heavy atom. The summed E-state index contributed by atoms with van der Waals surface area (Å²) in [7, 11) is 1.89. The lowest BCUT2D eigenvalue weighted by Gasteiger charge is -2.07. The van der Waals surface area contributed by atoms with Gasteiger partial charge in [-0.2, -0.15) is 0 Å². The van der Waals surface area contributed by atoms with Gasteiger partial charge in [-0.05, 0) is 6.92 Å². The summed E-state index contributed by atoms with van der Waals surface area (Å²) in [6.45, 7) is 1.96. The molecule has 7 heavy (non-hydrogen) atoms. The summed E-state index contributed by atoms with van der Waals surface area (Å²) >= 11 is 0. The molecule has 1 aliphatic rings. The molecule has 0 saturated heterocycles. The van der Waals surface area contributed by atoms with E-state index in [-0.39, 0.29) is 0 Å². The Bertz CT molecular complexity index is 99.9. The van der Waals surface area contributed by atoms with E-state index in [0.29, 0.717) is 0 Å². The van der Waals surface area contributed by atoms with Gasteiger partial charge in [0.15, 0.2) is 0 Å². The third-order valence-electron chi connectivity index (χ3n) is 0.948. The number of hydrogen-bond donors (Lipinski definition) is 1. The second-order valence-corrected chi connectivity index (χ2v) is 1.53. The van der Waals surface area contributed by atoms with Crippen LogP contribution in [0, 0.1) is 0 Å². The molecule has 0 fully saturated rings. The molecule has 0 amide bonds. The Morgan fingerprint density at radius 2 is 2.57 bits per heavy atom. The van der Waals surface area contributed by atoms with Crippen LogP contribution < -0.4 is 5.59 Å². The number of nitrogens with one attached hydrogen (secondary N) is 1. The summed E-state index contributed by atoms with van der Waals surface area (Å²) in [5, 5.41) is 1.79. The lowest BCUT2D eigenvalue weighted by atomic mass is 10.6. The van der Waals surface area contributed by atoms with Crippen LogP contribution in [0.2, 0.25) is 0 Å². The van der Waals surface area contributed by atoms with Crippen molar-refractivity contribution in [1.29, 1.82) is 0 Å². The van der Waals surface area contributed by atoms with E-state index in [2.05, 4.69) is 10.4 Å². The average molecular weight is 100 g/mol. The molecule has 0 aromatic heterocycles. The van der Waals surface area contributed by atoms with Crippen LogP contribution in [0.25, 0.3) is 0 Å². The molecule has 3 nitrogen and oxygen atoms in total. The van der Waals surface area contributed by atoms with Crippen LogP contribution in [0.3, 0.4) is 0 Å². The maximum absolute atomic E-state index is 4.68. The standard InChI is InChI=1S/C4H8N2O/c1-4-3-7-5-6(4)2/h3,5H,1-2H3. The summed E-state index contributed by atoms with van der Waals surface area (Å²) in [6, 6.07) is 0. The highest BCUT2D eigenvalue weighted by Gasteiger charge is 2.02. The maximum atomic E-state index is 4.68. The van der Waals surface area contributed by atoms with Crippen LogP contribution in [0.1, 0.15) is 6.92 Å². The Balaban J connectivity index is 2.54. The molecule has 0 aromatic carbocycles. The molecule has 0 saturated carbocycles. The number of nitrogens with zero attached hydrogens (tertiary/aromatic N) is 1. The molecule has 0 atom stereocenters. The first-order valence-electron chi connectivity index (χ1n) is 2.12. The van der Waals surface area contributed by atoms with E-state index in [0.717, 1.165) is 5.70 Å². The van der Waals surface area contributed by atoms with Gasteiger partial charge in [0.2, 0.25) is 0 Å². The van der Waals surface area contributed by atoms with Crippen LogP contribution in [-0.2, 0) is 4.84 Å². The zero-order valence-corrected chi connectivity index (χ0v) is 4.43. The minimum Gasteiger partial charge on any atom is -0.395 e. The monoisotopic (exact) mass is 100 g/mol. The summed E-state index contributed by atoms with van der Waals surface area (Å²) in [5.41, 5.74) is 3.69. The van der Waals surface area contributed by atoms with Gasteiger partial charge in [0.25, 0.3) is 0 Å². The third kappa shape index (κ3) is 0.667. The number of allylic oxidation sites excluding steroid dienone is 1. The fourth-order valence-electron chi connectivity index (χ4n) is 0.342. The lowest BCUT2D eigenvalue weighted by Crippen LogP contribution is -2.24. The molecule has 0 radical (unpaired) electrons. The first-order valence-corrected chi connectivity index (χ1v) is 2.12. The highest BCUT2D eigenvalue weighted by molar-refractivity contribution is 4.91. The van der Waals surface area contributed by atoms with Gasteiger partial charge in [0.1, 0.15) is 6.26 Å². The first kappa shape index (κ1) is 4.46. The summed E-state index contributed by atoms with van der Waals surface area (Å²) in [4.78, 5) is 4.68. The molecule has 0 aliphatic carbocycles. The van der Waals surface area contributed by atoms with Crippen molar-refractivity contribution in [2.75, 3.05) is 7.05 Å². The van der Waals surface area contributed by atoms with E-state index in [1.165, 1.54) is 0 Å². The van der Waals surface area contributed by atoms with E-state index in [9.17, 15) is 0 Å². The molecule has 1 aliphatic heterocycles. The van der Waals surface area contributed by atoms with Gasteiger partial charge < -0.3 is 4.84 Å². The minimum absolute atomic E-state index is 1.08. The van der Waals surface area contributed by atoms with Crippen molar-refractivity contribution in [2.45, 2.75) is 6.92 Å². The zero-order valence-electron chi connectivity index (χ0n) is 4.43. The van der Waals surface area contributed by atoms with E-state index in [1.807, 2.05) is 14.0 Å². The SMILES string of the molecule is CC1=CONN1C. The van der Waals surface area contributed by atoms with Crippen molar-refractivity contribution in [3.8, 4) is 0 Å². The van der Waals surface area contributed by atoms with Crippen LogP contribution in [0.5, 0.6) is 0 Å². The van der Waals surface area contributed by atoms with Crippen LogP contribution in [-0.4, -0.2) is 12.1 Å². The molecule has 1 N–H and O–H groups in total. The Hall–Kier alpha value is -0.700. The normalized spacial score (nSPS) is 19.1. The predicted octanol–water partition coefficient (Wildman–Crippen LogP) is 0.229. The van der Waals surface area contributed by atoms with Crippen LogP contribution >= 0.6 is 0 Å². The molecular formula is C4H8N2O. The van der Waals surface area contributed by atoms with Crippen LogP contribution in [0.4, 0.5) is 0 Å². The largest absolute Gasteiger partial charge is 0.395 e. The van der Waals surface area contributed by atoms with Gasteiger partial charge in [-0.25, -0.2) is 0 Å². The smallest absolute Gasteiger partial charge is 0.134 e. The molecule has 0 unspecified atom stereocenters. The van der Waals surface area contributed by atoms with Gasteiger partial charge in [-0.15, -0.1) is 0 Å². The van der Waals surface area contributed by atoms with Crippen molar-refractivity contribution in [3.63, 3.8) is 0 Å². The predicted molar refractivity (Wildman–Crippen MR) is 25.7 cm³/mol. The molecule has 0 spiro atoms. The van der Waals surface area contributed by atoms with E-state index in [4.69, 9.17) is 0 Å². The minimum atomic E-state index is 1.08. The molecule has 1 rings (SSSR count). The van der Waals surface area contributed by atoms with Gasteiger partial charge in [0.05, 0.1) is 5.70 Å². The quantitative estimate of drug-likeness (QED) is 0.471. The van der Waals surface area contributed by atoms with Crippen molar-refractivity contribution >= 4 is 0 Å². The van der Waals surface area contributed by atoms with E-state index >= 15 is 0 Å². The fraction of sp³-hybridized carbons (Fsp3) is 0.500. The molecular weight excluding hydrogens is 92.1 g/mol. The van der Waals surface area contributed by atoms with Gasteiger partial charge in [-0.3, -0.25) is 5.01 Å². The Labute approximate surface area is 42.5 Å². The zero-order chi connectivity index (χ0) is 5.28. The molecule has 0 aromatic rings. The van der Waals surface area contributed by atoms with E-state index < -0.39 is 0 Å². The number of hydrogen-bond acceptors (Lipinski definition) is 3. The first-order chi connectivity index (χ1) is 3.30. The van der Waals surface area contributed by atoms with Gasteiger partial charge in [0, 0.05) is 7.05 Å². The molecule has 1 heterocycles. The summed E-state index contributed by atoms with van der Waals surface area (Å²) < 4.78 is 0. The third-order valence-corrected chi connectivity index (χ3v) is 0.948. The summed E-state index contributed by atoms with van der Waals surface area (Å²) in [5.74, 6) is 0. The van der Waals surface area contributed by atoms with Crippen molar-refractivity contribution in [1.82, 2.24) is 10.6 Å². The highest BCUT2D eigenvalue weighted by Crippen LogP contribution is 2.01. The van der Waals surface area contributed by atoms with Crippen molar-refractivity contribution in [3.05, 3.63) is 12.0 Å². The second kappa shape index (κ2) is 1.42. The van der Waals surface area contributed by atoms with Crippen LogP contribution in [0.15, 0.2) is 12.0 Å². The van der Waals surface area contributed by atoms with Gasteiger partial charge in [-0.1, -0.05) is 5.59 Å².